The second kappa shape index (κ2) is 5.42. The number of hydrogen-bond acceptors (Lipinski definition) is 5. The summed E-state index contributed by atoms with van der Waals surface area (Å²) < 4.78 is 1.67. The fraction of sp³-hybridized carbons (Fsp3) is 0.214. The zero-order chi connectivity index (χ0) is 13.9. The van der Waals surface area contributed by atoms with Crippen molar-refractivity contribution >= 4 is 22.2 Å². The van der Waals surface area contributed by atoms with Crippen molar-refractivity contribution < 1.29 is 0 Å². The van der Waals surface area contributed by atoms with E-state index in [1.54, 1.807) is 16.0 Å². The number of rotatable bonds is 4. The number of aromatic nitrogens is 4. The lowest BCUT2D eigenvalue weighted by Crippen LogP contribution is -1.91. The van der Waals surface area contributed by atoms with Crippen molar-refractivity contribution in [3.8, 4) is 11.4 Å². The Kier molecular flexibility index (Phi) is 3.47. The number of thiazole rings is 1. The first kappa shape index (κ1) is 12.8. The van der Waals surface area contributed by atoms with Crippen LogP contribution in [0.1, 0.15) is 12.5 Å². The molecule has 1 N–H and O–H groups in total. The lowest BCUT2D eigenvalue weighted by molar-refractivity contribution is 0.715. The molecule has 0 atom stereocenters. The van der Waals surface area contributed by atoms with Gasteiger partial charge >= 0.3 is 0 Å². The van der Waals surface area contributed by atoms with Gasteiger partial charge in [0.15, 0.2) is 5.13 Å². The molecule has 0 saturated carbocycles. The maximum Gasteiger partial charge on any atom is 0.187 e. The Morgan fingerprint density at radius 2 is 2.20 bits per heavy atom. The van der Waals surface area contributed by atoms with Gasteiger partial charge in [-0.3, -0.25) is 4.68 Å². The second-order valence-corrected chi connectivity index (χ2v) is 5.35. The fourth-order valence-corrected chi connectivity index (χ4v) is 2.63. The summed E-state index contributed by atoms with van der Waals surface area (Å²) in [7, 11) is 1.85. The van der Waals surface area contributed by atoms with Gasteiger partial charge in [0.2, 0.25) is 0 Å². The van der Waals surface area contributed by atoms with E-state index in [2.05, 4.69) is 45.7 Å². The Hall–Kier alpha value is -2.21. The average Bonchev–Trinajstić information content (AvgIpc) is 3.08. The molecular weight excluding hydrogens is 270 g/mol. The van der Waals surface area contributed by atoms with E-state index in [1.165, 1.54) is 5.56 Å². The van der Waals surface area contributed by atoms with Crippen LogP contribution < -0.4 is 5.32 Å². The molecule has 0 aliphatic carbocycles. The van der Waals surface area contributed by atoms with E-state index in [1.807, 2.05) is 24.7 Å². The molecule has 0 amide bonds. The van der Waals surface area contributed by atoms with Crippen molar-refractivity contribution in [1.82, 2.24) is 20.0 Å². The third kappa shape index (κ3) is 2.70. The lowest BCUT2D eigenvalue weighted by Gasteiger charge is -2.04. The topological polar surface area (TPSA) is 55.6 Å². The molecule has 6 heteroatoms. The van der Waals surface area contributed by atoms with E-state index in [-0.39, 0.29) is 0 Å². The van der Waals surface area contributed by atoms with Crippen molar-refractivity contribution in [1.29, 1.82) is 0 Å². The summed E-state index contributed by atoms with van der Waals surface area (Å²) in [5.41, 5.74) is 4.00. The first-order valence-electron chi connectivity index (χ1n) is 6.43. The average molecular weight is 285 g/mol. The Labute approximate surface area is 121 Å². The van der Waals surface area contributed by atoms with Gasteiger partial charge in [0.25, 0.3) is 0 Å². The van der Waals surface area contributed by atoms with Crippen LogP contribution in [0.25, 0.3) is 11.4 Å². The molecule has 102 valence electrons. The molecule has 20 heavy (non-hydrogen) atoms. The van der Waals surface area contributed by atoms with E-state index in [9.17, 15) is 0 Å². The Balaban J connectivity index is 1.80. The maximum atomic E-state index is 4.54. The summed E-state index contributed by atoms with van der Waals surface area (Å²) in [4.78, 5) is 4.54. The molecule has 3 aromatic rings. The standard InChI is InChI=1S/C14H15N5S/c1-3-10-5-4-6-11(7-10)15-14-16-13(9-20-14)12-8-19(2)18-17-12/h4-9H,3H2,1-2H3,(H,15,16). The molecule has 0 saturated heterocycles. The lowest BCUT2D eigenvalue weighted by atomic mass is 10.1. The predicted octanol–water partition coefficient (Wildman–Crippen LogP) is 3.24. The molecule has 0 spiro atoms. The van der Waals surface area contributed by atoms with Crippen molar-refractivity contribution in [2.45, 2.75) is 13.3 Å². The number of nitrogens with zero attached hydrogens (tertiary/aromatic N) is 4. The number of benzene rings is 1. The normalized spacial score (nSPS) is 10.7. The van der Waals surface area contributed by atoms with Crippen LogP contribution >= 0.6 is 11.3 Å². The molecule has 3 rings (SSSR count). The van der Waals surface area contributed by atoms with Crippen LogP contribution in [0.4, 0.5) is 10.8 Å². The van der Waals surface area contributed by atoms with Gasteiger partial charge in [0, 0.05) is 18.1 Å². The third-order valence-electron chi connectivity index (χ3n) is 2.96. The third-order valence-corrected chi connectivity index (χ3v) is 3.71. The zero-order valence-electron chi connectivity index (χ0n) is 11.4. The summed E-state index contributed by atoms with van der Waals surface area (Å²) in [6, 6.07) is 8.36. The minimum Gasteiger partial charge on any atom is -0.332 e. The quantitative estimate of drug-likeness (QED) is 0.799. The van der Waals surface area contributed by atoms with Crippen LogP contribution in [0, 0.1) is 0 Å². The monoisotopic (exact) mass is 285 g/mol. The first-order valence-corrected chi connectivity index (χ1v) is 7.31. The molecular formula is C14H15N5S. The van der Waals surface area contributed by atoms with Gasteiger partial charge in [-0.25, -0.2) is 4.98 Å². The summed E-state index contributed by atoms with van der Waals surface area (Å²) in [6.07, 6.45) is 2.88. The van der Waals surface area contributed by atoms with E-state index in [4.69, 9.17) is 0 Å². The highest BCUT2D eigenvalue weighted by molar-refractivity contribution is 7.14. The summed E-state index contributed by atoms with van der Waals surface area (Å²) in [5.74, 6) is 0. The second-order valence-electron chi connectivity index (χ2n) is 4.49. The molecule has 0 bridgehead atoms. The minimum absolute atomic E-state index is 0.791. The zero-order valence-corrected chi connectivity index (χ0v) is 12.2. The van der Waals surface area contributed by atoms with Gasteiger partial charge in [-0.15, -0.1) is 16.4 Å². The van der Waals surface area contributed by atoms with E-state index < -0.39 is 0 Å². The summed E-state index contributed by atoms with van der Waals surface area (Å²) in [6.45, 7) is 2.15. The predicted molar refractivity (Wildman–Crippen MR) is 81.2 cm³/mol. The largest absolute Gasteiger partial charge is 0.332 e. The molecule has 0 radical (unpaired) electrons. The maximum absolute atomic E-state index is 4.54. The van der Waals surface area contributed by atoms with Gasteiger partial charge in [-0.1, -0.05) is 24.3 Å². The van der Waals surface area contributed by atoms with Gasteiger partial charge in [0.1, 0.15) is 11.4 Å². The van der Waals surface area contributed by atoms with Gasteiger partial charge in [-0.2, -0.15) is 0 Å². The van der Waals surface area contributed by atoms with Crippen molar-refractivity contribution in [3.63, 3.8) is 0 Å². The highest BCUT2D eigenvalue weighted by atomic mass is 32.1. The number of nitrogens with one attached hydrogen (secondary N) is 1. The van der Waals surface area contributed by atoms with Gasteiger partial charge in [-0.05, 0) is 24.1 Å². The summed E-state index contributed by atoms with van der Waals surface area (Å²) >= 11 is 1.56. The SMILES string of the molecule is CCc1cccc(Nc2nc(-c3cn(C)nn3)cs2)c1. The Morgan fingerprint density at radius 3 is 2.95 bits per heavy atom. The van der Waals surface area contributed by atoms with E-state index in [0.29, 0.717) is 0 Å². The highest BCUT2D eigenvalue weighted by Gasteiger charge is 2.08. The Bertz CT molecular complexity index is 716. The molecule has 0 fully saturated rings. The van der Waals surface area contributed by atoms with Crippen molar-refractivity contribution in [3.05, 3.63) is 41.4 Å². The molecule has 1 aromatic carbocycles. The number of anilines is 2. The number of hydrogen-bond donors (Lipinski definition) is 1. The summed E-state index contributed by atoms with van der Waals surface area (Å²) in [5, 5.41) is 14.2. The minimum atomic E-state index is 0.791. The van der Waals surface area contributed by atoms with Crippen molar-refractivity contribution in [2.24, 2.45) is 7.05 Å². The number of aryl methyl sites for hydroxylation is 2. The highest BCUT2D eigenvalue weighted by Crippen LogP contribution is 2.26. The fourth-order valence-electron chi connectivity index (χ4n) is 1.91. The molecule has 2 aromatic heterocycles. The van der Waals surface area contributed by atoms with E-state index in [0.717, 1.165) is 28.6 Å². The van der Waals surface area contributed by atoms with Crippen LogP contribution in [-0.4, -0.2) is 20.0 Å². The molecule has 2 heterocycles. The van der Waals surface area contributed by atoms with Crippen LogP contribution in [0.2, 0.25) is 0 Å². The molecule has 0 unspecified atom stereocenters. The first-order chi connectivity index (χ1) is 9.74. The van der Waals surface area contributed by atoms with E-state index >= 15 is 0 Å². The van der Waals surface area contributed by atoms with Crippen LogP contribution in [0.5, 0.6) is 0 Å². The van der Waals surface area contributed by atoms with Crippen LogP contribution in [0.15, 0.2) is 35.8 Å². The smallest absolute Gasteiger partial charge is 0.187 e. The Morgan fingerprint density at radius 1 is 1.30 bits per heavy atom. The molecule has 0 aliphatic rings. The molecule has 5 nitrogen and oxygen atoms in total. The molecule has 0 aliphatic heterocycles. The van der Waals surface area contributed by atoms with Crippen molar-refractivity contribution in [2.75, 3.05) is 5.32 Å². The van der Waals surface area contributed by atoms with Crippen LogP contribution in [-0.2, 0) is 13.5 Å². The van der Waals surface area contributed by atoms with Gasteiger partial charge in [0.05, 0.1) is 6.20 Å². The van der Waals surface area contributed by atoms with Gasteiger partial charge < -0.3 is 5.32 Å². The van der Waals surface area contributed by atoms with Crippen LogP contribution in [0.3, 0.4) is 0 Å².